The molecule has 0 amide bonds. The van der Waals surface area contributed by atoms with Gasteiger partial charge in [-0.1, -0.05) is 18.1 Å². The molecular formula is C25H30N2O5S. The molecule has 1 aliphatic carbocycles. The Hall–Kier alpha value is -3.05. The zero-order valence-corrected chi connectivity index (χ0v) is 20.6. The molecule has 1 N–H and O–H groups in total. The Balaban J connectivity index is 2.33. The summed E-state index contributed by atoms with van der Waals surface area (Å²) in [5, 5.41) is 14.3. The molecule has 2 aromatic rings. The number of rotatable bonds is 4. The van der Waals surface area contributed by atoms with Crippen molar-refractivity contribution in [3.05, 3.63) is 49.7 Å². The number of allylic oxidation sites excluding steroid dienone is 1. The minimum atomic E-state index is -1.09. The summed E-state index contributed by atoms with van der Waals surface area (Å²) in [6.45, 7) is 3.92. The lowest BCUT2D eigenvalue weighted by atomic mass is 9.88. The van der Waals surface area contributed by atoms with Crippen molar-refractivity contribution in [1.29, 1.82) is 0 Å². The van der Waals surface area contributed by atoms with Gasteiger partial charge in [-0.3, -0.25) is 23.5 Å². The van der Waals surface area contributed by atoms with Gasteiger partial charge in [0.25, 0.3) is 5.56 Å². The van der Waals surface area contributed by atoms with E-state index in [4.69, 9.17) is 0 Å². The quantitative estimate of drug-likeness (QED) is 0.320. The molecule has 1 aliphatic rings. The van der Waals surface area contributed by atoms with Gasteiger partial charge in [-0.05, 0) is 56.2 Å². The summed E-state index contributed by atoms with van der Waals surface area (Å²) in [5.41, 5.74) is -0.0138. The minimum Gasteiger partial charge on any atom is -0.506 e. The van der Waals surface area contributed by atoms with Crippen molar-refractivity contribution >= 4 is 38.3 Å². The largest absolute Gasteiger partial charge is 0.506 e. The fourth-order valence-corrected chi connectivity index (χ4v) is 4.53. The van der Waals surface area contributed by atoms with E-state index in [1.54, 1.807) is 19.1 Å². The molecule has 8 heteroatoms. The van der Waals surface area contributed by atoms with Crippen LogP contribution in [0.1, 0.15) is 43.7 Å². The van der Waals surface area contributed by atoms with Crippen LogP contribution in [0.4, 0.5) is 0 Å². The van der Waals surface area contributed by atoms with Gasteiger partial charge < -0.3 is 5.11 Å². The molecule has 1 heterocycles. The first-order chi connectivity index (χ1) is 15.5. The Bertz CT molecular complexity index is 1340. The van der Waals surface area contributed by atoms with Crippen molar-refractivity contribution in [2.24, 2.45) is 0 Å². The molecule has 1 aromatic heterocycles. The Morgan fingerprint density at radius 1 is 1.06 bits per heavy atom. The van der Waals surface area contributed by atoms with Crippen LogP contribution in [0.2, 0.25) is 0 Å². The number of hydrogen-bond acceptors (Lipinski definition) is 5. The third kappa shape index (κ3) is 4.83. The van der Waals surface area contributed by atoms with Gasteiger partial charge in [-0.15, -0.1) is 0 Å². The fourth-order valence-electron chi connectivity index (χ4n) is 4.03. The van der Waals surface area contributed by atoms with Crippen LogP contribution in [0.3, 0.4) is 0 Å². The summed E-state index contributed by atoms with van der Waals surface area (Å²) < 4.78 is 2.66. The molecule has 0 radical (unpaired) electrons. The van der Waals surface area contributed by atoms with Gasteiger partial charge in [0.15, 0.2) is 11.6 Å². The van der Waals surface area contributed by atoms with Gasteiger partial charge in [-0.2, -0.15) is 10.0 Å². The van der Waals surface area contributed by atoms with Crippen molar-refractivity contribution in [2.45, 2.75) is 52.6 Å². The second-order valence-corrected chi connectivity index (χ2v) is 12.9. The lowest BCUT2D eigenvalue weighted by Crippen LogP contribution is -2.40. The fraction of sp³-hybridized carbons (Fsp3) is 0.440. The highest BCUT2D eigenvalue weighted by molar-refractivity contribution is 8.35. The van der Waals surface area contributed by atoms with Crippen LogP contribution in [0, 0.1) is 18.1 Å². The third-order valence-corrected chi connectivity index (χ3v) is 6.33. The molecule has 1 saturated carbocycles. The Labute approximate surface area is 194 Å². The number of nitrogens with zero attached hydrogens (tertiary/aromatic N) is 2. The molecule has 176 valence electrons. The lowest BCUT2D eigenvalue weighted by molar-refractivity contribution is -0.123. The maximum absolute atomic E-state index is 13.3. The topological polar surface area (TPSA) is 98.4 Å². The molecule has 0 unspecified atom stereocenters. The number of benzene rings is 1. The molecule has 7 nitrogen and oxygen atoms in total. The first-order valence-corrected chi connectivity index (χ1v) is 13.8. The van der Waals surface area contributed by atoms with Crippen LogP contribution < -0.4 is 11.2 Å². The number of hydrogen-bond donors (Lipinski definition) is 1. The van der Waals surface area contributed by atoms with E-state index in [0.29, 0.717) is 23.9 Å². The van der Waals surface area contributed by atoms with Gasteiger partial charge in [0, 0.05) is 24.9 Å². The average molecular weight is 471 g/mol. The highest BCUT2D eigenvalue weighted by atomic mass is 32.3. The predicted molar refractivity (Wildman–Crippen MR) is 134 cm³/mol. The zero-order chi connectivity index (χ0) is 24.5. The molecule has 0 saturated heterocycles. The number of fused-ring (bicyclic) bond motifs is 1. The van der Waals surface area contributed by atoms with E-state index in [0.717, 1.165) is 0 Å². The van der Waals surface area contributed by atoms with E-state index in [-0.39, 0.29) is 42.5 Å². The SMILES string of the molecule is CCCn1c(=O)c2c(C)c(C(O)=C3C(=O)CCCC3=O)ccc2n(CC#CS(C)(C)C)c1=O. The van der Waals surface area contributed by atoms with Gasteiger partial charge in [-0.25, -0.2) is 4.79 Å². The first kappa shape index (κ1) is 24.6. The van der Waals surface area contributed by atoms with Crippen molar-refractivity contribution in [3.63, 3.8) is 0 Å². The number of carbonyl (C=O) groups is 2. The summed E-state index contributed by atoms with van der Waals surface area (Å²) in [4.78, 5) is 51.1. The summed E-state index contributed by atoms with van der Waals surface area (Å²) in [6.07, 6.45) is 7.63. The summed E-state index contributed by atoms with van der Waals surface area (Å²) in [5.74, 6) is 1.88. The summed E-state index contributed by atoms with van der Waals surface area (Å²) in [6, 6.07) is 3.13. The highest BCUT2D eigenvalue weighted by Crippen LogP contribution is 2.32. The number of carbonyl (C=O) groups excluding carboxylic acids is 2. The number of aliphatic hydroxyl groups excluding tert-OH is 1. The molecule has 33 heavy (non-hydrogen) atoms. The van der Waals surface area contributed by atoms with Crippen molar-refractivity contribution in [2.75, 3.05) is 18.8 Å². The molecule has 3 rings (SSSR count). The molecule has 0 bridgehead atoms. The van der Waals surface area contributed by atoms with Gasteiger partial charge in [0.2, 0.25) is 0 Å². The van der Waals surface area contributed by atoms with Crippen LogP contribution in [0.25, 0.3) is 16.7 Å². The zero-order valence-electron chi connectivity index (χ0n) is 19.8. The summed E-state index contributed by atoms with van der Waals surface area (Å²) in [7, 11) is -1.09. The highest BCUT2D eigenvalue weighted by Gasteiger charge is 2.29. The van der Waals surface area contributed by atoms with Crippen LogP contribution in [-0.2, 0) is 22.7 Å². The van der Waals surface area contributed by atoms with E-state index in [2.05, 4.69) is 29.9 Å². The lowest BCUT2D eigenvalue weighted by Gasteiger charge is -2.18. The monoisotopic (exact) mass is 470 g/mol. The second-order valence-electron chi connectivity index (χ2n) is 9.00. The number of aromatic nitrogens is 2. The maximum atomic E-state index is 13.3. The maximum Gasteiger partial charge on any atom is 0.332 e. The molecule has 1 fully saturated rings. The van der Waals surface area contributed by atoms with Crippen LogP contribution in [-0.4, -0.2) is 44.6 Å². The first-order valence-electron chi connectivity index (χ1n) is 10.9. The molecule has 1 aromatic carbocycles. The Morgan fingerprint density at radius 2 is 1.70 bits per heavy atom. The Morgan fingerprint density at radius 3 is 2.27 bits per heavy atom. The second kappa shape index (κ2) is 9.44. The van der Waals surface area contributed by atoms with E-state index in [1.807, 2.05) is 6.92 Å². The summed E-state index contributed by atoms with van der Waals surface area (Å²) >= 11 is 0. The molecule has 0 atom stereocenters. The van der Waals surface area contributed by atoms with Crippen molar-refractivity contribution in [3.8, 4) is 11.2 Å². The van der Waals surface area contributed by atoms with Crippen LogP contribution >= 0.6 is 10.0 Å². The van der Waals surface area contributed by atoms with Crippen LogP contribution in [0.15, 0.2) is 27.3 Å². The van der Waals surface area contributed by atoms with Crippen molar-refractivity contribution < 1.29 is 14.7 Å². The van der Waals surface area contributed by atoms with Gasteiger partial charge >= 0.3 is 5.69 Å². The minimum absolute atomic E-state index is 0.131. The molecule has 0 aliphatic heterocycles. The number of ketones is 2. The van der Waals surface area contributed by atoms with E-state index in [9.17, 15) is 24.3 Å². The molecule has 0 spiro atoms. The normalized spacial score (nSPS) is 14.9. The van der Waals surface area contributed by atoms with E-state index < -0.39 is 38.6 Å². The predicted octanol–water partition coefficient (Wildman–Crippen LogP) is 3.13. The van der Waals surface area contributed by atoms with Gasteiger partial charge in [0.1, 0.15) is 11.3 Å². The van der Waals surface area contributed by atoms with E-state index in [1.165, 1.54) is 9.13 Å². The number of aryl methyl sites for hydroxylation is 1. The van der Waals surface area contributed by atoms with Gasteiger partial charge in [0.05, 0.1) is 17.4 Å². The smallest absolute Gasteiger partial charge is 0.332 e. The Kier molecular flexibility index (Phi) is 7.03. The van der Waals surface area contributed by atoms with Crippen LogP contribution in [0.5, 0.6) is 0 Å². The van der Waals surface area contributed by atoms with E-state index >= 15 is 0 Å². The third-order valence-electron chi connectivity index (χ3n) is 5.57. The number of Topliss-reactive ketones (excluding diaryl/α,β-unsaturated/α-hetero) is 2. The molecular weight excluding hydrogens is 440 g/mol. The van der Waals surface area contributed by atoms with Crippen molar-refractivity contribution in [1.82, 2.24) is 9.13 Å². The average Bonchev–Trinajstić information content (AvgIpc) is 2.72. The number of aliphatic hydroxyl groups is 1. The standard InChI is InChI=1S/C25H30N2O5S/c1-6-13-27-24(31)21-16(2)17(23(30)22-19(28)9-7-10-20(22)29)11-12-18(21)26(25(27)32)14-8-15-33(3,4)5/h11-12,30H,6-7,9-10,13-14H2,1-5H3.